The van der Waals surface area contributed by atoms with E-state index in [0.29, 0.717) is 12.4 Å². The van der Waals surface area contributed by atoms with Gasteiger partial charge in [-0.05, 0) is 29.8 Å². The number of thiophene rings is 1. The van der Waals surface area contributed by atoms with E-state index in [0.717, 1.165) is 31.7 Å². The first kappa shape index (κ1) is 23.0. The van der Waals surface area contributed by atoms with Gasteiger partial charge in [0.05, 0.1) is 39.9 Å². The first-order valence-electron chi connectivity index (χ1n) is 10.1. The van der Waals surface area contributed by atoms with E-state index in [4.69, 9.17) is 5.11 Å². The Labute approximate surface area is 205 Å². The van der Waals surface area contributed by atoms with Crippen LogP contribution in [0.3, 0.4) is 0 Å². The van der Waals surface area contributed by atoms with Crippen molar-refractivity contribution in [3.8, 4) is 11.8 Å². The highest BCUT2D eigenvalue weighted by atomic mass is 35.5. The van der Waals surface area contributed by atoms with E-state index in [9.17, 15) is 4.79 Å². The highest BCUT2D eigenvalue weighted by Gasteiger charge is 2.10. The zero-order valence-corrected chi connectivity index (χ0v) is 19.4. The van der Waals surface area contributed by atoms with E-state index in [-0.39, 0.29) is 19.0 Å². The Balaban J connectivity index is 0.00000274. The van der Waals surface area contributed by atoms with Crippen molar-refractivity contribution in [1.82, 2.24) is 25.1 Å². The van der Waals surface area contributed by atoms with E-state index < -0.39 is 6.09 Å². The minimum Gasteiger partial charge on any atom is -0.465 e. The van der Waals surface area contributed by atoms with Gasteiger partial charge in [-0.1, -0.05) is 42.2 Å². The molecule has 5 rings (SSSR count). The predicted molar refractivity (Wildman–Crippen MR) is 136 cm³/mol. The fourth-order valence-corrected chi connectivity index (χ4v) is 4.37. The summed E-state index contributed by atoms with van der Waals surface area (Å²) in [5.74, 6) is 6.45. The smallest absolute Gasteiger partial charge is 0.405 e. The second kappa shape index (κ2) is 10.2. The first-order valence-corrected chi connectivity index (χ1v) is 10.9. The van der Waals surface area contributed by atoms with E-state index in [1.807, 2.05) is 53.3 Å². The fourth-order valence-electron chi connectivity index (χ4n) is 3.44. The lowest BCUT2D eigenvalue weighted by molar-refractivity contribution is 0.196. The van der Waals surface area contributed by atoms with Crippen molar-refractivity contribution in [1.29, 1.82) is 0 Å². The van der Waals surface area contributed by atoms with Crippen molar-refractivity contribution in [2.75, 3.05) is 11.9 Å². The third kappa shape index (κ3) is 5.09. The third-order valence-electron chi connectivity index (χ3n) is 4.93. The Morgan fingerprint density at radius 3 is 2.79 bits per heavy atom. The molecule has 0 unspecified atom stereocenters. The van der Waals surface area contributed by atoms with Gasteiger partial charge in [0.25, 0.3) is 0 Å². The Morgan fingerprint density at radius 2 is 1.97 bits per heavy atom. The van der Waals surface area contributed by atoms with Crippen LogP contribution in [0.2, 0.25) is 0 Å². The number of nitrogens with one attached hydrogen (secondary N) is 2. The molecule has 0 aliphatic rings. The molecule has 170 valence electrons. The van der Waals surface area contributed by atoms with Crippen molar-refractivity contribution in [3.63, 3.8) is 0 Å². The molecule has 34 heavy (non-hydrogen) atoms. The van der Waals surface area contributed by atoms with Crippen LogP contribution in [0.1, 0.15) is 10.4 Å². The zero-order valence-electron chi connectivity index (χ0n) is 17.7. The summed E-state index contributed by atoms with van der Waals surface area (Å²) < 4.78 is 2.87. The summed E-state index contributed by atoms with van der Waals surface area (Å²) in [6.45, 7) is 0.781. The van der Waals surface area contributed by atoms with Gasteiger partial charge in [-0.2, -0.15) is 5.10 Å². The monoisotopic (exact) mass is 490 g/mol. The molecule has 0 aliphatic carbocycles. The van der Waals surface area contributed by atoms with Crippen LogP contribution in [0.5, 0.6) is 0 Å². The van der Waals surface area contributed by atoms with Crippen molar-refractivity contribution < 1.29 is 9.90 Å². The fraction of sp³-hybridized carbons (Fsp3) is 0.0833. The molecule has 0 spiro atoms. The molecule has 10 heteroatoms. The predicted octanol–water partition coefficient (Wildman–Crippen LogP) is 4.87. The molecule has 5 aromatic rings. The van der Waals surface area contributed by atoms with Crippen LogP contribution in [0.25, 0.3) is 21.1 Å². The quantitative estimate of drug-likeness (QED) is 0.303. The number of amides is 1. The molecule has 0 atom stereocenters. The van der Waals surface area contributed by atoms with Crippen LogP contribution < -0.4 is 10.6 Å². The zero-order chi connectivity index (χ0) is 22.6. The van der Waals surface area contributed by atoms with E-state index >= 15 is 0 Å². The molecule has 0 aliphatic heterocycles. The molecular formula is C24H19ClN6O2S. The highest BCUT2D eigenvalue weighted by Crippen LogP contribution is 2.31. The number of halogens is 1. The number of rotatable bonds is 5. The second-order valence-electron chi connectivity index (χ2n) is 7.19. The number of anilines is 2. The van der Waals surface area contributed by atoms with Gasteiger partial charge in [0, 0.05) is 11.1 Å². The van der Waals surface area contributed by atoms with Gasteiger partial charge < -0.3 is 15.7 Å². The summed E-state index contributed by atoms with van der Waals surface area (Å²) in [4.78, 5) is 20.0. The molecule has 3 aromatic heterocycles. The number of hydrogen-bond acceptors (Lipinski definition) is 6. The molecule has 3 N–H and O–H groups in total. The highest BCUT2D eigenvalue weighted by molar-refractivity contribution is 7.20. The summed E-state index contributed by atoms with van der Waals surface area (Å²) in [6.07, 6.45) is 2.28. The number of benzene rings is 2. The summed E-state index contributed by atoms with van der Waals surface area (Å²) in [6, 6.07) is 18.2. The molecule has 0 radical (unpaired) electrons. The molecule has 1 amide bonds. The number of carboxylic acid groups (broad SMARTS) is 1. The van der Waals surface area contributed by atoms with Crippen LogP contribution in [-0.4, -0.2) is 37.5 Å². The summed E-state index contributed by atoms with van der Waals surface area (Å²) in [5.41, 5.74) is 3.93. The maximum atomic E-state index is 10.5. The molecule has 0 bridgehead atoms. The van der Waals surface area contributed by atoms with Crippen molar-refractivity contribution in [3.05, 3.63) is 77.6 Å². The Kier molecular flexibility index (Phi) is 6.92. The Hall–Kier alpha value is -4.13. The molecule has 0 saturated heterocycles. The minimum atomic E-state index is -1.10. The van der Waals surface area contributed by atoms with Crippen molar-refractivity contribution in [2.24, 2.45) is 0 Å². The normalized spacial score (nSPS) is 10.4. The SMILES string of the molecule is Cl.O=C(O)NCC#Cc1cc2ncnc(Nc3ccc4c(cnn4Cc4ccccc4)c3)c2s1. The van der Waals surface area contributed by atoms with E-state index in [1.54, 1.807) is 0 Å². The number of aromatic nitrogens is 4. The minimum absolute atomic E-state index is 0. The standard InChI is InChI=1S/C24H18N6O2S.ClH/c31-24(32)25-10-4-7-19-12-20-22(33-19)23(27-15-26-20)29-18-8-9-21-17(11-18)13-28-30(21)14-16-5-2-1-3-6-16;/h1-3,5-6,8-9,11-13,15,25H,10,14H2,(H,31,32)(H,26,27,29);1H. The maximum Gasteiger partial charge on any atom is 0.405 e. The number of hydrogen-bond donors (Lipinski definition) is 3. The van der Waals surface area contributed by atoms with E-state index in [2.05, 4.69) is 49.7 Å². The number of carbonyl (C=O) groups is 1. The number of nitrogens with zero attached hydrogens (tertiary/aromatic N) is 4. The van der Waals surface area contributed by atoms with Crippen LogP contribution in [0.4, 0.5) is 16.3 Å². The lowest BCUT2D eigenvalue weighted by atomic mass is 10.2. The van der Waals surface area contributed by atoms with E-state index in [1.165, 1.54) is 23.2 Å². The Bertz CT molecular complexity index is 1520. The summed E-state index contributed by atoms with van der Waals surface area (Å²) in [7, 11) is 0. The van der Waals surface area contributed by atoms with Gasteiger partial charge in [0.15, 0.2) is 5.82 Å². The van der Waals surface area contributed by atoms with Crippen LogP contribution in [0.15, 0.2) is 67.1 Å². The van der Waals surface area contributed by atoms with Gasteiger partial charge in [0.1, 0.15) is 6.33 Å². The molecule has 2 aromatic carbocycles. The van der Waals surface area contributed by atoms with Gasteiger partial charge in [-0.3, -0.25) is 4.68 Å². The molecule has 0 saturated carbocycles. The lowest BCUT2D eigenvalue weighted by Crippen LogP contribution is -2.20. The molecule has 0 fully saturated rings. The van der Waals surface area contributed by atoms with Crippen molar-refractivity contribution >= 4 is 62.5 Å². The van der Waals surface area contributed by atoms with Crippen molar-refractivity contribution in [2.45, 2.75) is 6.54 Å². The van der Waals surface area contributed by atoms with Crippen LogP contribution >= 0.6 is 23.7 Å². The van der Waals surface area contributed by atoms with Crippen LogP contribution in [0, 0.1) is 11.8 Å². The first-order chi connectivity index (χ1) is 16.2. The molecule has 3 heterocycles. The largest absolute Gasteiger partial charge is 0.465 e. The van der Waals surface area contributed by atoms with Crippen LogP contribution in [-0.2, 0) is 6.54 Å². The molecular weight excluding hydrogens is 472 g/mol. The number of fused-ring (bicyclic) bond motifs is 2. The van der Waals surface area contributed by atoms with Gasteiger partial charge in [-0.15, -0.1) is 23.7 Å². The average Bonchev–Trinajstić information content (AvgIpc) is 3.42. The third-order valence-corrected chi connectivity index (χ3v) is 5.98. The van der Waals surface area contributed by atoms with Gasteiger partial charge in [0.2, 0.25) is 0 Å². The lowest BCUT2D eigenvalue weighted by Gasteiger charge is -2.07. The summed E-state index contributed by atoms with van der Waals surface area (Å²) >= 11 is 1.46. The summed E-state index contributed by atoms with van der Waals surface area (Å²) in [5, 5.41) is 19.8. The topological polar surface area (TPSA) is 105 Å². The average molecular weight is 491 g/mol. The Morgan fingerprint density at radius 1 is 1.12 bits per heavy atom. The second-order valence-corrected chi connectivity index (χ2v) is 8.25. The maximum absolute atomic E-state index is 10.5. The molecule has 8 nitrogen and oxygen atoms in total. The van der Waals surface area contributed by atoms with Gasteiger partial charge in [-0.25, -0.2) is 14.8 Å². The van der Waals surface area contributed by atoms with Gasteiger partial charge >= 0.3 is 6.09 Å².